The summed E-state index contributed by atoms with van der Waals surface area (Å²) in [5, 5.41) is 1.00. The Labute approximate surface area is 97.3 Å². The monoisotopic (exact) mass is 234 g/mol. The molecule has 0 unspecified atom stereocenters. The van der Waals surface area contributed by atoms with Gasteiger partial charge < -0.3 is 4.98 Å². The Morgan fingerprint density at radius 1 is 1.44 bits per heavy atom. The Morgan fingerprint density at radius 2 is 2.31 bits per heavy atom. The van der Waals surface area contributed by atoms with Crippen molar-refractivity contribution in [2.24, 2.45) is 0 Å². The molecule has 2 aromatic rings. The number of halogens is 1. The van der Waals surface area contributed by atoms with Gasteiger partial charge in [-0.3, -0.25) is 0 Å². The molecule has 2 heterocycles. The first kappa shape index (κ1) is 9.90. The maximum atomic E-state index is 12.5. The van der Waals surface area contributed by atoms with Crippen molar-refractivity contribution in [3.05, 3.63) is 30.1 Å². The maximum absolute atomic E-state index is 12.5. The molecular formula is C12H11FN2S. The van der Waals surface area contributed by atoms with E-state index in [1.807, 2.05) is 6.07 Å². The average molecular weight is 234 g/mol. The molecule has 16 heavy (non-hydrogen) atoms. The molecule has 1 aliphatic rings. The van der Waals surface area contributed by atoms with Crippen LogP contribution in [-0.2, 0) is 6.42 Å². The van der Waals surface area contributed by atoms with Crippen LogP contribution < -0.4 is 0 Å². The highest BCUT2D eigenvalue weighted by atomic mass is 32.2. The summed E-state index contributed by atoms with van der Waals surface area (Å²) in [5.41, 5.74) is 4.32. The molecule has 0 atom stereocenters. The number of pyridine rings is 1. The lowest BCUT2D eigenvalue weighted by molar-refractivity contribution is 0.807. The number of aromatic amines is 1. The molecule has 3 rings (SSSR count). The zero-order valence-corrected chi connectivity index (χ0v) is 9.53. The lowest BCUT2D eigenvalue weighted by atomic mass is 9.92. The van der Waals surface area contributed by atoms with Gasteiger partial charge in [-0.05, 0) is 30.9 Å². The van der Waals surface area contributed by atoms with E-state index in [-0.39, 0.29) is 12.1 Å². The number of H-pyrrole nitrogens is 1. The number of aryl methyl sites for hydroxylation is 1. The molecule has 2 aromatic heterocycles. The second-order valence-electron chi connectivity index (χ2n) is 4.08. The molecule has 0 radical (unpaired) electrons. The fraction of sp³-hybridized carbons (Fsp3) is 0.250. The summed E-state index contributed by atoms with van der Waals surface area (Å²) in [5.74, 6) is 0. The number of nitrogens with one attached hydrogen (secondary N) is 1. The van der Waals surface area contributed by atoms with Crippen LogP contribution >= 0.6 is 12.1 Å². The van der Waals surface area contributed by atoms with Gasteiger partial charge in [0.2, 0.25) is 0 Å². The van der Waals surface area contributed by atoms with E-state index < -0.39 is 0 Å². The first-order valence-corrected chi connectivity index (χ1v) is 5.98. The SMILES string of the molecule is C=C1CCCc2[nH]c3ncc(SF)cc3c21. The highest BCUT2D eigenvalue weighted by molar-refractivity contribution is 7.94. The van der Waals surface area contributed by atoms with E-state index in [0.717, 1.165) is 41.4 Å². The third kappa shape index (κ3) is 1.37. The number of fused-ring (bicyclic) bond motifs is 3. The van der Waals surface area contributed by atoms with Gasteiger partial charge in [0.1, 0.15) is 5.65 Å². The molecule has 0 amide bonds. The summed E-state index contributed by atoms with van der Waals surface area (Å²) in [6, 6.07) is 1.85. The smallest absolute Gasteiger partial charge is 0.138 e. The Kier molecular flexibility index (Phi) is 2.24. The van der Waals surface area contributed by atoms with Crippen LogP contribution in [0.1, 0.15) is 24.1 Å². The first-order valence-electron chi connectivity index (χ1n) is 5.27. The quantitative estimate of drug-likeness (QED) is 0.811. The standard InChI is InChI=1S/C12H11FN2S/c1-7-3-2-4-10-11(7)9-5-8(16-13)6-14-12(9)15-10/h5-6H,1-4H2,(H,14,15). The van der Waals surface area contributed by atoms with Crippen molar-refractivity contribution in [3.8, 4) is 0 Å². The van der Waals surface area contributed by atoms with Gasteiger partial charge in [-0.25, -0.2) is 4.98 Å². The molecule has 1 aliphatic carbocycles. The second-order valence-corrected chi connectivity index (χ2v) is 4.71. The van der Waals surface area contributed by atoms with E-state index in [1.165, 1.54) is 5.69 Å². The normalized spacial score (nSPS) is 15.4. The zero-order valence-electron chi connectivity index (χ0n) is 8.72. The topological polar surface area (TPSA) is 28.7 Å². The second kappa shape index (κ2) is 3.63. The van der Waals surface area contributed by atoms with Gasteiger partial charge in [0.25, 0.3) is 0 Å². The predicted octanol–water partition coefficient (Wildman–Crippen LogP) is 3.89. The Bertz CT molecular complexity index is 574. The number of nitrogens with zero attached hydrogens (tertiary/aromatic N) is 1. The molecule has 0 aliphatic heterocycles. The third-order valence-electron chi connectivity index (χ3n) is 3.05. The molecule has 4 heteroatoms. The summed E-state index contributed by atoms with van der Waals surface area (Å²) in [6.07, 6.45) is 4.73. The fourth-order valence-corrected chi connectivity index (χ4v) is 2.60. The first-order chi connectivity index (χ1) is 7.79. The molecule has 0 fully saturated rings. The van der Waals surface area contributed by atoms with E-state index in [1.54, 1.807) is 6.20 Å². The molecule has 2 nitrogen and oxygen atoms in total. The van der Waals surface area contributed by atoms with Crippen LogP contribution in [0.4, 0.5) is 3.89 Å². The number of hydrogen-bond donors (Lipinski definition) is 1. The van der Waals surface area contributed by atoms with Gasteiger partial charge in [0.05, 0.1) is 17.0 Å². The summed E-state index contributed by atoms with van der Waals surface area (Å²) < 4.78 is 12.5. The minimum Gasteiger partial charge on any atom is -0.343 e. The highest BCUT2D eigenvalue weighted by Crippen LogP contribution is 2.36. The molecule has 0 bridgehead atoms. The van der Waals surface area contributed by atoms with Crippen molar-refractivity contribution in [1.29, 1.82) is 0 Å². The Morgan fingerprint density at radius 3 is 3.12 bits per heavy atom. The lowest BCUT2D eigenvalue weighted by Crippen LogP contribution is -1.98. The predicted molar refractivity (Wildman–Crippen MR) is 65.0 cm³/mol. The van der Waals surface area contributed by atoms with Crippen LogP contribution in [0.25, 0.3) is 16.6 Å². The van der Waals surface area contributed by atoms with Gasteiger partial charge in [-0.1, -0.05) is 6.58 Å². The molecular weight excluding hydrogens is 223 g/mol. The van der Waals surface area contributed by atoms with E-state index in [0.29, 0.717) is 4.90 Å². The van der Waals surface area contributed by atoms with Crippen molar-refractivity contribution in [2.75, 3.05) is 0 Å². The fourth-order valence-electron chi connectivity index (χ4n) is 2.34. The minimum atomic E-state index is 0.233. The number of aromatic nitrogens is 2. The summed E-state index contributed by atoms with van der Waals surface area (Å²) >= 11 is 0.233. The van der Waals surface area contributed by atoms with Crippen LogP contribution in [0.2, 0.25) is 0 Å². The number of rotatable bonds is 1. The highest BCUT2D eigenvalue weighted by Gasteiger charge is 2.19. The van der Waals surface area contributed by atoms with E-state index in [2.05, 4.69) is 16.5 Å². The molecule has 1 N–H and O–H groups in total. The van der Waals surface area contributed by atoms with Crippen LogP contribution in [0.3, 0.4) is 0 Å². The van der Waals surface area contributed by atoms with E-state index in [4.69, 9.17) is 0 Å². The lowest BCUT2D eigenvalue weighted by Gasteiger charge is -2.13. The molecule has 0 saturated carbocycles. The van der Waals surface area contributed by atoms with Crippen molar-refractivity contribution < 1.29 is 3.89 Å². The maximum Gasteiger partial charge on any atom is 0.138 e. The Balaban J connectivity index is 2.31. The van der Waals surface area contributed by atoms with Gasteiger partial charge in [0, 0.05) is 22.8 Å². The molecule has 0 saturated heterocycles. The molecule has 0 spiro atoms. The molecule has 0 aromatic carbocycles. The van der Waals surface area contributed by atoms with Crippen LogP contribution in [0.15, 0.2) is 23.7 Å². The number of allylic oxidation sites excluding steroid dienone is 1. The third-order valence-corrected chi connectivity index (χ3v) is 3.45. The zero-order chi connectivity index (χ0) is 11.1. The van der Waals surface area contributed by atoms with E-state index >= 15 is 0 Å². The minimum absolute atomic E-state index is 0.233. The largest absolute Gasteiger partial charge is 0.343 e. The average Bonchev–Trinajstić information content (AvgIpc) is 2.67. The van der Waals surface area contributed by atoms with E-state index in [9.17, 15) is 3.89 Å². The summed E-state index contributed by atoms with van der Waals surface area (Å²) in [4.78, 5) is 8.08. The summed E-state index contributed by atoms with van der Waals surface area (Å²) in [7, 11) is 0. The Hall–Kier alpha value is -1.29. The van der Waals surface area contributed by atoms with Gasteiger partial charge in [-0.2, -0.15) is 3.89 Å². The van der Waals surface area contributed by atoms with Crippen LogP contribution in [-0.4, -0.2) is 9.97 Å². The van der Waals surface area contributed by atoms with Crippen LogP contribution in [0, 0.1) is 0 Å². The molecule has 82 valence electrons. The van der Waals surface area contributed by atoms with Crippen molar-refractivity contribution >= 4 is 28.8 Å². The van der Waals surface area contributed by atoms with Gasteiger partial charge in [0.15, 0.2) is 0 Å². The van der Waals surface area contributed by atoms with Gasteiger partial charge >= 0.3 is 0 Å². The van der Waals surface area contributed by atoms with Crippen molar-refractivity contribution in [2.45, 2.75) is 24.2 Å². The number of hydrogen-bond acceptors (Lipinski definition) is 2. The van der Waals surface area contributed by atoms with Crippen molar-refractivity contribution in [3.63, 3.8) is 0 Å². The summed E-state index contributed by atoms with van der Waals surface area (Å²) in [6.45, 7) is 4.09. The van der Waals surface area contributed by atoms with Gasteiger partial charge in [-0.15, -0.1) is 0 Å². The van der Waals surface area contributed by atoms with Crippen LogP contribution in [0.5, 0.6) is 0 Å². The van der Waals surface area contributed by atoms with Crippen molar-refractivity contribution in [1.82, 2.24) is 9.97 Å².